The Kier molecular flexibility index (Phi) is 4.42. The van der Waals surface area contributed by atoms with E-state index < -0.39 is 0 Å². The van der Waals surface area contributed by atoms with Crippen LogP contribution in [0.15, 0.2) is 42.7 Å². The van der Waals surface area contributed by atoms with Gasteiger partial charge >= 0.3 is 0 Å². The molecule has 0 aliphatic rings. The first-order chi connectivity index (χ1) is 8.72. The lowest BCUT2D eigenvalue weighted by Gasteiger charge is -2.18. The maximum Gasteiger partial charge on any atom is 0.140 e. The van der Waals surface area contributed by atoms with Gasteiger partial charge < -0.3 is 10.5 Å². The van der Waals surface area contributed by atoms with E-state index in [0.29, 0.717) is 22.3 Å². The molecule has 2 rings (SSSR count). The van der Waals surface area contributed by atoms with Crippen molar-refractivity contribution in [2.75, 3.05) is 6.54 Å². The van der Waals surface area contributed by atoms with E-state index in [0.717, 1.165) is 5.56 Å². The molecule has 94 valence electrons. The van der Waals surface area contributed by atoms with E-state index in [4.69, 9.17) is 33.7 Å². The number of hydrogen-bond donors (Lipinski definition) is 1. The average molecular weight is 283 g/mol. The number of benzene rings is 1. The van der Waals surface area contributed by atoms with Gasteiger partial charge in [0.25, 0.3) is 0 Å². The van der Waals surface area contributed by atoms with Crippen molar-refractivity contribution in [2.24, 2.45) is 5.73 Å². The molecular weight excluding hydrogens is 271 g/mol. The molecule has 0 bridgehead atoms. The SMILES string of the molecule is NCC(Oc1cccc(Cl)c1Cl)c1cccnc1. The van der Waals surface area contributed by atoms with Gasteiger partial charge in [-0.2, -0.15) is 0 Å². The van der Waals surface area contributed by atoms with E-state index in [1.54, 1.807) is 30.6 Å². The van der Waals surface area contributed by atoms with Crippen LogP contribution in [0.4, 0.5) is 0 Å². The number of ether oxygens (including phenoxy) is 1. The Balaban J connectivity index is 2.24. The van der Waals surface area contributed by atoms with Crippen LogP contribution in [-0.4, -0.2) is 11.5 Å². The molecule has 0 saturated carbocycles. The van der Waals surface area contributed by atoms with E-state index in [-0.39, 0.29) is 6.10 Å². The summed E-state index contributed by atoms with van der Waals surface area (Å²) < 4.78 is 5.78. The monoisotopic (exact) mass is 282 g/mol. The molecule has 0 aliphatic carbocycles. The number of rotatable bonds is 4. The van der Waals surface area contributed by atoms with Crippen molar-refractivity contribution in [3.05, 3.63) is 58.3 Å². The Morgan fingerprint density at radius 1 is 1.22 bits per heavy atom. The van der Waals surface area contributed by atoms with E-state index >= 15 is 0 Å². The maximum atomic E-state index is 6.07. The molecule has 0 radical (unpaired) electrons. The summed E-state index contributed by atoms with van der Waals surface area (Å²) in [6.45, 7) is 0.328. The molecule has 5 heteroatoms. The molecule has 1 unspecified atom stereocenters. The van der Waals surface area contributed by atoms with Gasteiger partial charge in [-0.1, -0.05) is 35.3 Å². The highest BCUT2D eigenvalue weighted by molar-refractivity contribution is 6.42. The zero-order chi connectivity index (χ0) is 13.0. The lowest BCUT2D eigenvalue weighted by Crippen LogP contribution is -2.18. The minimum absolute atomic E-state index is 0.297. The highest BCUT2D eigenvalue weighted by atomic mass is 35.5. The van der Waals surface area contributed by atoms with Crippen molar-refractivity contribution in [3.63, 3.8) is 0 Å². The fourth-order valence-corrected chi connectivity index (χ4v) is 1.88. The van der Waals surface area contributed by atoms with Crippen LogP contribution in [0.2, 0.25) is 10.0 Å². The lowest BCUT2D eigenvalue weighted by atomic mass is 10.1. The molecule has 1 aromatic heterocycles. The van der Waals surface area contributed by atoms with Crippen LogP contribution in [0, 0.1) is 0 Å². The zero-order valence-corrected chi connectivity index (χ0v) is 11.0. The van der Waals surface area contributed by atoms with Gasteiger partial charge in [0.1, 0.15) is 16.9 Å². The van der Waals surface area contributed by atoms with Crippen molar-refractivity contribution in [2.45, 2.75) is 6.10 Å². The van der Waals surface area contributed by atoms with Gasteiger partial charge in [-0.15, -0.1) is 0 Å². The fraction of sp³-hybridized carbons (Fsp3) is 0.154. The van der Waals surface area contributed by atoms with Crippen LogP contribution in [0.5, 0.6) is 5.75 Å². The fourth-order valence-electron chi connectivity index (χ4n) is 1.55. The maximum absolute atomic E-state index is 6.07. The highest BCUT2D eigenvalue weighted by Crippen LogP contribution is 2.34. The van der Waals surface area contributed by atoms with Crippen LogP contribution in [0.1, 0.15) is 11.7 Å². The van der Waals surface area contributed by atoms with Gasteiger partial charge in [0.15, 0.2) is 0 Å². The molecule has 0 spiro atoms. The van der Waals surface area contributed by atoms with Crippen molar-refractivity contribution in [1.82, 2.24) is 4.98 Å². The van der Waals surface area contributed by atoms with E-state index in [1.807, 2.05) is 12.1 Å². The summed E-state index contributed by atoms with van der Waals surface area (Å²) >= 11 is 12.0. The third-order valence-electron chi connectivity index (χ3n) is 2.46. The zero-order valence-electron chi connectivity index (χ0n) is 9.51. The Hall–Kier alpha value is -1.29. The van der Waals surface area contributed by atoms with Gasteiger partial charge in [0, 0.05) is 24.5 Å². The Labute approximate surface area is 115 Å². The Morgan fingerprint density at radius 2 is 2.06 bits per heavy atom. The summed E-state index contributed by atoms with van der Waals surface area (Å²) in [6, 6.07) is 8.98. The van der Waals surface area contributed by atoms with E-state index in [2.05, 4.69) is 4.98 Å². The molecular formula is C13H12Cl2N2O. The average Bonchev–Trinajstić information content (AvgIpc) is 2.41. The molecule has 0 amide bonds. The molecule has 3 nitrogen and oxygen atoms in total. The number of nitrogens with two attached hydrogens (primary N) is 1. The first-order valence-corrected chi connectivity index (χ1v) is 6.18. The predicted molar refractivity (Wildman–Crippen MR) is 73.1 cm³/mol. The van der Waals surface area contributed by atoms with Crippen molar-refractivity contribution in [1.29, 1.82) is 0 Å². The second-order valence-corrected chi connectivity index (χ2v) is 4.47. The van der Waals surface area contributed by atoms with Gasteiger partial charge in [-0.3, -0.25) is 4.98 Å². The highest BCUT2D eigenvalue weighted by Gasteiger charge is 2.14. The molecule has 2 aromatic rings. The van der Waals surface area contributed by atoms with Gasteiger partial charge in [0.05, 0.1) is 5.02 Å². The Morgan fingerprint density at radius 3 is 2.72 bits per heavy atom. The van der Waals surface area contributed by atoms with Gasteiger partial charge in [-0.25, -0.2) is 0 Å². The Bertz CT molecular complexity index is 520. The summed E-state index contributed by atoms with van der Waals surface area (Å²) in [4.78, 5) is 4.04. The van der Waals surface area contributed by atoms with Crippen LogP contribution < -0.4 is 10.5 Å². The molecule has 1 heterocycles. The third-order valence-corrected chi connectivity index (χ3v) is 3.26. The predicted octanol–water partition coefficient (Wildman–Crippen LogP) is 3.47. The number of aromatic nitrogens is 1. The first-order valence-electron chi connectivity index (χ1n) is 5.43. The van der Waals surface area contributed by atoms with E-state index in [1.165, 1.54) is 0 Å². The van der Waals surface area contributed by atoms with Crippen LogP contribution in [0.3, 0.4) is 0 Å². The van der Waals surface area contributed by atoms with Gasteiger partial charge in [-0.05, 0) is 18.2 Å². The van der Waals surface area contributed by atoms with Gasteiger partial charge in [0.2, 0.25) is 0 Å². The van der Waals surface area contributed by atoms with Crippen LogP contribution in [-0.2, 0) is 0 Å². The molecule has 1 aromatic carbocycles. The van der Waals surface area contributed by atoms with Crippen molar-refractivity contribution < 1.29 is 4.74 Å². The van der Waals surface area contributed by atoms with E-state index in [9.17, 15) is 0 Å². The smallest absolute Gasteiger partial charge is 0.140 e. The summed E-state index contributed by atoms with van der Waals surface area (Å²) in [5, 5.41) is 0.845. The first kappa shape index (κ1) is 13.1. The number of halogens is 2. The normalized spacial score (nSPS) is 12.2. The number of nitrogens with zero attached hydrogens (tertiary/aromatic N) is 1. The molecule has 2 N–H and O–H groups in total. The minimum Gasteiger partial charge on any atom is -0.483 e. The molecule has 0 aliphatic heterocycles. The molecule has 18 heavy (non-hydrogen) atoms. The second kappa shape index (κ2) is 6.05. The number of pyridine rings is 1. The minimum atomic E-state index is -0.297. The van der Waals surface area contributed by atoms with Crippen LogP contribution >= 0.6 is 23.2 Å². The standard InChI is InChI=1S/C13H12Cl2N2O/c14-10-4-1-5-11(13(10)15)18-12(7-16)9-3-2-6-17-8-9/h1-6,8,12H,7,16H2. The number of hydrogen-bond acceptors (Lipinski definition) is 3. The second-order valence-electron chi connectivity index (χ2n) is 3.68. The molecule has 0 saturated heterocycles. The quantitative estimate of drug-likeness (QED) is 0.934. The lowest BCUT2D eigenvalue weighted by molar-refractivity contribution is 0.214. The molecule has 0 fully saturated rings. The molecule has 1 atom stereocenters. The largest absolute Gasteiger partial charge is 0.483 e. The summed E-state index contributed by atoms with van der Waals surface area (Å²) in [6.07, 6.45) is 3.12. The van der Waals surface area contributed by atoms with Crippen LogP contribution in [0.25, 0.3) is 0 Å². The summed E-state index contributed by atoms with van der Waals surface area (Å²) in [5.74, 6) is 0.517. The summed E-state index contributed by atoms with van der Waals surface area (Å²) in [5.41, 5.74) is 6.61. The van der Waals surface area contributed by atoms with Crippen molar-refractivity contribution in [3.8, 4) is 5.75 Å². The third kappa shape index (κ3) is 2.93. The summed E-state index contributed by atoms with van der Waals surface area (Å²) in [7, 11) is 0. The van der Waals surface area contributed by atoms with Crippen molar-refractivity contribution >= 4 is 23.2 Å². The topological polar surface area (TPSA) is 48.1 Å².